The van der Waals surface area contributed by atoms with Gasteiger partial charge in [-0.3, -0.25) is 4.79 Å². The lowest BCUT2D eigenvalue weighted by atomic mass is 10.1. The molecule has 3 rings (SSSR count). The maximum Gasteiger partial charge on any atom is 0.257 e. The van der Waals surface area contributed by atoms with E-state index in [-0.39, 0.29) is 11.9 Å². The van der Waals surface area contributed by atoms with Crippen molar-refractivity contribution in [3.05, 3.63) is 47.8 Å². The van der Waals surface area contributed by atoms with Crippen LogP contribution in [0.1, 0.15) is 40.8 Å². The van der Waals surface area contributed by atoms with Crippen molar-refractivity contribution < 1.29 is 18.4 Å². The Morgan fingerprint density at radius 2 is 2.35 bits per heavy atom. The second kappa shape index (κ2) is 5.54. The molecule has 0 N–H and O–H groups in total. The number of methoxy groups -OCH3 is 1. The van der Waals surface area contributed by atoms with E-state index in [1.165, 1.54) is 12.5 Å². The highest BCUT2D eigenvalue weighted by atomic mass is 16.5. The van der Waals surface area contributed by atoms with Gasteiger partial charge in [0.15, 0.2) is 0 Å². The van der Waals surface area contributed by atoms with Crippen LogP contribution in [0.2, 0.25) is 0 Å². The summed E-state index contributed by atoms with van der Waals surface area (Å²) in [6.07, 6.45) is 4.90. The molecule has 0 radical (unpaired) electrons. The third-order valence-electron chi connectivity index (χ3n) is 3.58. The van der Waals surface area contributed by atoms with Gasteiger partial charge >= 0.3 is 0 Å². The third kappa shape index (κ3) is 2.36. The number of carbonyl (C=O) groups excluding carboxylic acids is 1. The molecule has 0 aliphatic carbocycles. The van der Waals surface area contributed by atoms with Crippen LogP contribution in [0.25, 0.3) is 0 Å². The maximum atomic E-state index is 12.4. The fourth-order valence-electron chi connectivity index (χ4n) is 2.65. The summed E-state index contributed by atoms with van der Waals surface area (Å²) in [5.74, 6) is 1.60. The highest BCUT2D eigenvalue weighted by Crippen LogP contribution is 2.34. The van der Waals surface area contributed by atoms with Crippen LogP contribution in [0.15, 0.2) is 39.6 Å². The predicted molar refractivity (Wildman–Crippen MR) is 71.1 cm³/mol. The Morgan fingerprint density at radius 1 is 1.45 bits per heavy atom. The van der Waals surface area contributed by atoms with Crippen molar-refractivity contribution in [2.45, 2.75) is 25.5 Å². The number of rotatable bonds is 4. The highest BCUT2D eigenvalue weighted by Gasteiger charge is 2.33. The monoisotopic (exact) mass is 275 g/mol. The second-order valence-corrected chi connectivity index (χ2v) is 4.91. The van der Waals surface area contributed by atoms with Crippen LogP contribution in [0.4, 0.5) is 0 Å². The Labute approximate surface area is 117 Å². The lowest BCUT2D eigenvalue weighted by Gasteiger charge is -2.22. The third-order valence-corrected chi connectivity index (χ3v) is 3.58. The van der Waals surface area contributed by atoms with Crippen LogP contribution in [-0.4, -0.2) is 24.5 Å². The van der Waals surface area contributed by atoms with E-state index in [9.17, 15) is 4.79 Å². The summed E-state index contributed by atoms with van der Waals surface area (Å²) in [6, 6.07) is 5.52. The van der Waals surface area contributed by atoms with Crippen molar-refractivity contribution in [2.24, 2.45) is 0 Å². The Bertz CT molecular complexity index is 572. The highest BCUT2D eigenvalue weighted by molar-refractivity contribution is 5.94. The zero-order chi connectivity index (χ0) is 13.9. The average molecular weight is 275 g/mol. The SMILES string of the molecule is COCc1ccc([C@H]2CCCN2C(=O)c2ccoc2)o1. The van der Waals surface area contributed by atoms with Crippen molar-refractivity contribution in [3.8, 4) is 0 Å². The topological polar surface area (TPSA) is 55.8 Å². The molecule has 106 valence electrons. The molecule has 5 heteroatoms. The van der Waals surface area contributed by atoms with Gasteiger partial charge in [-0.15, -0.1) is 0 Å². The van der Waals surface area contributed by atoms with Crippen LogP contribution in [0.5, 0.6) is 0 Å². The largest absolute Gasteiger partial charge is 0.472 e. The first-order valence-corrected chi connectivity index (χ1v) is 6.70. The summed E-state index contributed by atoms with van der Waals surface area (Å²) >= 11 is 0. The molecule has 2 aromatic rings. The standard InChI is InChI=1S/C15H17NO4/c1-18-10-12-4-5-14(20-12)13-3-2-7-16(13)15(17)11-6-8-19-9-11/h4-6,8-9,13H,2-3,7,10H2,1H3/t13-/m1/s1. The van der Waals surface area contributed by atoms with Crippen molar-refractivity contribution in [3.63, 3.8) is 0 Å². The van der Waals surface area contributed by atoms with Crippen LogP contribution in [-0.2, 0) is 11.3 Å². The minimum atomic E-state index is -0.00839. The average Bonchev–Trinajstić information content (AvgIpc) is 3.19. The van der Waals surface area contributed by atoms with Crippen molar-refractivity contribution in [1.29, 1.82) is 0 Å². The molecule has 1 amide bonds. The molecule has 1 fully saturated rings. The molecule has 0 bridgehead atoms. The van der Waals surface area contributed by atoms with E-state index in [0.717, 1.165) is 30.9 Å². The predicted octanol–water partition coefficient (Wildman–Crippen LogP) is 3.00. The summed E-state index contributed by atoms with van der Waals surface area (Å²) in [6.45, 7) is 1.19. The molecule has 0 unspecified atom stereocenters. The fourth-order valence-corrected chi connectivity index (χ4v) is 2.65. The number of amides is 1. The van der Waals surface area contributed by atoms with Gasteiger partial charge in [0.25, 0.3) is 5.91 Å². The number of ether oxygens (including phenoxy) is 1. The summed E-state index contributed by atoms with van der Waals surface area (Å²) in [5.41, 5.74) is 0.584. The normalized spacial score (nSPS) is 18.6. The summed E-state index contributed by atoms with van der Waals surface area (Å²) < 4.78 is 15.8. The van der Waals surface area contributed by atoms with Gasteiger partial charge in [-0.05, 0) is 31.0 Å². The van der Waals surface area contributed by atoms with Gasteiger partial charge in [0.05, 0.1) is 17.9 Å². The molecule has 0 aromatic carbocycles. The van der Waals surface area contributed by atoms with Gasteiger partial charge in [-0.1, -0.05) is 0 Å². The van der Waals surface area contributed by atoms with Gasteiger partial charge in [-0.2, -0.15) is 0 Å². The molecule has 20 heavy (non-hydrogen) atoms. The molecule has 1 aliphatic rings. The van der Waals surface area contributed by atoms with E-state index in [2.05, 4.69) is 0 Å². The molecule has 2 aromatic heterocycles. The van der Waals surface area contributed by atoms with E-state index < -0.39 is 0 Å². The first-order valence-electron chi connectivity index (χ1n) is 6.70. The Kier molecular flexibility index (Phi) is 3.60. The number of furan rings is 2. The Morgan fingerprint density at radius 3 is 3.10 bits per heavy atom. The molecule has 1 aliphatic heterocycles. The van der Waals surface area contributed by atoms with Crippen molar-refractivity contribution >= 4 is 5.91 Å². The minimum Gasteiger partial charge on any atom is -0.472 e. The van der Waals surface area contributed by atoms with Gasteiger partial charge in [0.2, 0.25) is 0 Å². The lowest BCUT2D eigenvalue weighted by molar-refractivity contribution is 0.0715. The molecular formula is C15H17NO4. The minimum absolute atomic E-state index is 0.00278. The van der Waals surface area contributed by atoms with Crippen molar-refractivity contribution in [1.82, 2.24) is 4.90 Å². The Balaban J connectivity index is 1.79. The van der Waals surface area contributed by atoms with Gasteiger partial charge < -0.3 is 18.5 Å². The van der Waals surface area contributed by atoms with Gasteiger partial charge in [0, 0.05) is 13.7 Å². The van der Waals surface area contributed by atoms with E-state index in [1.807, 2.05) is 17.0 Å². The number of hydrogen-bond donors (Lipinski definition) is 0. The Hall–Kier alpha value is -2.01. The molecule has 3 heterocycles. The molecular weight excluding hydrogens is 258 g/mol. The molecule has 1 atom stereocenters. The molecule has 5 nitrogen and oxygen atoms in total. The molecule has 1 saturated heterocycles. The first kappa shape index (κ1) is 13.0. The van der Waals surface area contributed by atoms with Crippen LogP contribution in [0, 0.1) is 0 Å². The second-order valence-electron chi connectivity index (χ2n) is 4.91. The summed E-state index contributed by atoms with van der Waals surface area (Å²) in [5, 5.41) is 0. The van der Waals surface area contributed by atoms with E-state index >= 15 is 0 Å². The summed E-state index contributed by atoms with van der Waals surface area (Å²) in [4.78, 5) is 14.3. The van der Waals surface area contributed by atoms with Crippen LogP contribution >= 0.6 is 0 Å². The molecule has 0 saturated carbocycles. The zero-order valence-corrected chi connectivity index (χ0v) is 11.4. The van der Waals surface area contributed by atoms with Crippen LogP contribution < -0.4 is 0 Å². The van der Waals surface area contributed by atoms with Crippen LogP contribution in [0.3, 0.4) is 0 Å². The van der Waals surface area contributed by atoms with E-state index in [1.54, 1.807) is 13.2 Å². The van der Waals surface area contributed by atoms with E-state index in [4.69, 9.17) is 13.6 Å². The number of nitrogens with zero attached hydrogens (tertiary/aromatic N) is 1. The van der Waals surface area contributed by atoms with E-state index in [0.29, 0.717) is 12.2 Å². The zero-order valence-electron chi connectivity index (χ0n) is 11.4. The quantitative estimate of drug-likeness (QED) is 0.860. The first-order chi connectivity index (χ1) is 9.79. The maximum absolute atomic E-state index is 12.4. The van der Waals surface area contributed by atoms with Crippen molar-refractivity contribution in [2.75, 3.05) is 13.7 Å². The summed E-state index contributed by atoms with van der Waals surface area (Å²) in [7, 11) is 1.63. The number of likely N-dealkylation sites (tertiary alicyclic amines) is 1. The van der Waals surface area contributed by atoms with Gasteiger partial charge in [0.1, 0.15) is 24.4 Å². The fraction of sp³-hybridized carbons (Fsp3) is 0.400. The van der Waals surface area contributed by atoms with Gasteiger partial charge in [-0.25, -0.2) is 0 Å². The molecule has 0 spiro atoms. The lowest BCUT2D eigenvalue weighted by Crippen LogP contribution is -2.30. The smallest absolute Gasteiger partial charge is 0.257 e. The number of hydrogen-bond acceptors (Lipinski definition) is 4. The number of carbonyl (C=O) groups is 1.